The quantitative estimate of drug-likeness (QED) is 0.797. The second kappa shape index (κ2) is 6.53. The van der Waals surface area contributed by atoms with E-state index < -0.39 is 0 Å². The molecule has 1 unspecified atom stereocenters. The van der Waals surface area contributed by atoms with Gasteiger partial charge in [-0.3, -0.25) is 4.90 Å². The summed E-state index contributed by atoms with van der Waals surface area (Å²) < 4.78 is 0. The lowest BCUT2D eigenvalue weighted by molar-refractivity contribution is 0.0500. The summed E-state index contributed by atoms with van der Waals surface area (Å²) in [6.45, 7) is 6.22. The van der Waals surface area contributed by atoms with E-state index in [0.717, 1.165) is 24.7 Å². The van der Waals surface area contributed by atoms with Gasteiger partial charge < -0.3 is 4.90 Å². The van der Waals surface area contributed by atoms with E-state index in [1.807, 2.05) is 0 Å². The molecule has 1 aromatic heterocycles. The van der Waals surface area contributed by atoms with Gasteiger partial charge in [0.15, 0.2) is 0 Å². The Morgan fingerprint density at radius 1 is 1.32 bits per heavy atom. The minimum atomic E-state index is 0.539. The highest BCUT2D eigenvalue weighted by molar-refractivity contribution is 7.09. The fraction of sp³-hybridized carbons (Fsp3) is 0.786. The number of piperazine rings is 1. The molecule has 106 valence electrons. The minimum absolute atomic E-state index is 0.539. The highest BCUT2D eigenvalue weighted by Crippen LogP contribution is 2.21. The topological polar surface area (TPSA) is 19.4 Å². The van der Waals surface area contributed by atoms with Crippen LogP contribution in [0.1, 0.15) is 30.0 Å². The molecule has 0 bridgehead atoms. The summed E-state index contributed by atoms with van der Waals surface area (Å²) >= 11 is 7.55. The molecule has 3 nitrogen and oxygen atoms in total. The van der Waals surface area contributed by atoms with E-state index in [2.05, 4.69) is 20.2 Å². The van der Waals surface area contributed by atoms with Crippen molar-refractivity contribution in [2.45, 2.75) is 37.6 Å². The maximum absolute atomic E-state index is 5.79. The zero-order valence-corrected chi connectivity index (χ0v) is 12.9. The molecule has 2 aliphatic rings. The van der Waals surface area contributed by atoms with Gasteiger partial charge in [-0.1, -0.05) is 6.42 Å². The van der Waals surface area contributed by atoms with Crippen LogP contribution in [0.25, 0.3) is 0 Å². The van der Waals surface area contributed by atoms with Crippen molar-refractivity contribution >= 4 is 22.9 Å². The van der Waals surface area contributed by atoms with Crippen LogP contribution >= 0.6 is 22.9 Å². The van der Waals surface area contributed by atoms with Gasteiger partial charge in [0.2, 0.25) is 0 Å². The standard InChI is InChI=1S/C14H22ClN3S/c15-9-12-11-19-14(16-12)4-6-17-7-8-18-5-2-1-3-13(18)10-17/h11,13H,1-10H2. The molecule has 0 aliphatic carbocycles. The molecule has 1 atom stereocenters. The van der Waals surface area contributed by atoms with E-state index >= 15 is 0 Å². The largest absolute Gasteiger partial charge is 0.300 e. The summed E-state index contributed by atoms with van der Waals surface area (Å²) in [7, 11) is 0. The van der Waals surface area contributed by atoms with Crippen LogP contribution in [0.4, 0.5) is 0 Å². The molecule has 5 heteroatoms. The fourth-order valence-corrected chi connectivity index (χ4v) is 4.22. The molecule has 2 saturated heterocycles. The molecule has 0 N–H and O–H groups in total. The van der Waals surface area contributed by atoms with E-state index in [4.69, 9.17) is 11.6 Å². The molecule has 0 radical (unpaired) electrons. The Morgan fingerprint density at radius 2 is 2.26 bits per heavy atom. The SMILES string of the molecule is ClCc1csc(CCN2CCN3CCCCC3C2)n1. The number of hydrogen-bond donors (Lipinski definition) is 0. The lowest BCUT2D eigenvalue weighted by Gasteiger charge is -2.44. The molecule has 2 aliphatic heterocycles. The number of thiazole rings is 1. The van der Waals surface area contributed by atoms with Crippen LogP contribution < -0.4 is 0 Å². The maximum Gasteiger partial charge on any atom is 0.0941 e. The highest BCUT2D eigenvalue weighted by Gasteiger charge is 2.28. The van der Waals surface area contributed by atoms with Crippen LogP contribution in [0, 0.1) is 0 Å². The van der Waals surface area contributed by atoms with Crippen molar-refractivity contribution in [2.75, 3.05) is 32.7 Å². The van der Waals surface area contributed by atoms with Gasteiger partial charge in [-0.2, -0.15) is 0 Å². The number of aromatic nitrogens is 1. The first-order chi connectivity index (χ1) is 9.35. The van der Waals surface area contributed by atoms with Gasteiger partial charge >= 0.3 is 0 Å². The van der Waals surface area contributed by atoms with Crippen molar-refractivity contribution in [1.82, 2.24) is 14.8 Å². The molecular formula is C14H22ClN3S. The van der Waals surface area contributed by atoms with Crippen molar-refractivity contribution in [3.63, 3.8) is 0 Å². The predicted molar refractivity (Wildman–Crippen MR) is 81.0 cm³/mol. The summed E-state index contributed by atoms with van der Waals surface area (Å²) in [6, 6.07) is 0.817. The summed E-state index contributed by atoms with van der Waals surface area (Å²) in [5.74, 6) is 0.539. The molecule has 3 heterocycles. The summed E-state index contributed by atoms with van der Waals surface area (Å²) in [4.78, 5) is 9.85. The zero-order valence-electron chi connectivity index (χ0n) is 11.4. The molecule has 0 amide bonds. The van der Waals surface area contributed by atoms with Crippen LogP contribution in [-0.2, 0) is 12.3 Å². The number of rotatable bonds is 4. The second-order valence-corrected chi connectivity index (χ2v) is 6.81. The average Bonchev–Trinajstić information content (AvgIpc) is 2.93. The number of hydrogen-bond acceptors (Lipinski definition) is 4. The Hall–Kier alpha value is -0.160. The summed E-state index contributed by atoms with van der Waals surface area (Å²) in [6.07, 6.45) is 5.29. The Labute approximate surface area is 124 Å². The van der Waals surface area contributed by atoms with Crippen LogP contribution in [-0.4, -0.2) is 53.5 Å². The number of alkyl halides is 1. The van der Waals surface area contributed by atoms with E-state index in [1.54, 1.807) is 11.3 Å². The smallest absolute Gasteiger partial charge is 0.0941 e. The molecule has 0 spiro atoms. The van der Waals surface area contributed by atoms with Crippen LogP contribution in [0.2, 0.25) is 0 Å². The number of piperidine rings is 1. The fourth-order valence-electron chi connectivity index (χ4n) is 3.20. The van der Waals surface area contributed by atoms with Crippen molar-refractivity contribution in [3.05, 3.63) is 16.1 Å². The van der Waals surface area contributed by atoms with Gasteiger partial charge in [-0.15, -0.1) is 22.9 Å². The normalized spacial score (nSPS) is 25.4. The molecule has 2 fully saturated rings. The molecule has 0 saturated carbocycles. The van der Waals surface area contributed by atoms with Crippen molar-refractivity contribution in [1.29, 1.82) is 0 Å². The molecular weight excluding hydrogens is 278 g/mol. The molecule has 1 aromatic rings. The Kier molecular flexibility index (Phi) is 4.74. The highest BCUT2D eigenvalue weighted by atomic mass is 35.5. The second-order valence-electron chi connectivity index (χ2n) is 5.60. The first-order valence-corrected chi connectivity index (χ1v) is 8.72. The number of halogens is 1. The summed E-state index contributed by atoms with van der Waals surface area (Å²) in [5.41, 5.74) is 1.03. The predicted octanol–water partition coefficient (Wildman–Crippen LogP) is 2.59. The first kappa shape index (κ1) is 13.8. The third-order valence-corrected chi connectivity index (χ3v) is 5.53. The van der Waals surface area contributed by atoms with E-state index in [9.17, 15) is 0 Å². The van der Waals surface area contributed by atoms with Crippen LogP contribution in [0.3, 0.4) is 0 Å². The average molecular weight is 300 g/mol. The lowest BCUT2D eigenvalue weighted by Crippen LogP contribution is -2.55. The van der Waals surface area contributed by atoms with Gasteiger partial charge in [-0.25, -0.2) is 4.98 Å². The third-order valence-electron chi connectivity index (χ3n) is 4.30. The number of nitrogens with zero attached hydrogens (tertiary/aromatic N) is 3. The Bertz CT molecular complexity index is 409. The van der Waals surface area contributed by atoms with E-state index in [-0.39, 0.29) is 0 Å². The van der Waals surface area contributed by atoms with Gasteiger partial charge in [0.1, 0.15) is 0 Å². The molecule has 3 rings (SSSR count). The molecule has 0 aromatic carbocycles. The van der Waals surface area contributed by atoms with Gasteiger partial charge in [0, 0.05) is 44.0 Å². The third kappa shape index (κ3) is 3.48. The van der Waals surface area contributed by atoms with E-state index in [1.165, 1.54) is 50.4 Å². The van der Waals surface area contributed by atoms with Gasteiger partial charge in [-0.05, 0) is 19.4 Å². The van der Waals surface area contributed by atoms with Crippen molar-refractivity contribution in [3.8, 4) is 0 Å². The Balaban J connectivity index is 1.48. The van der Waals surface area contributed by atoms with E-state index in [0.29, 0.717) is 5.88 Å². The van der Waals surface area contributed by atoms with Crippen molar-refractivity contribution < 1.29 is 0 Å². The minimum Gasteiger partial charge on any atom is -0.300 e. The van der Waals surface area contributed by atoms with Gasteiger partial charge in [0.05, 0.1) is 16.6 Å². The lowest BCUT2D eigenvalue weighted by atomic mass is 9.99. The van der Waals surface area contributed by atoms with Gasteiger partial charge in [0.25, 0.3) is 0 Å². The zero-order chi connectivity index (χ0) is 13.1. The monoisotopic (exact) mass is 299 g/mol. The van der Waals surface area contributed by atoms with Crippen LogP contribution in [0.5, 0.6) is 0 Å². The van der Waals surface area contributed by atoms with Crippen LogP contribution in [0.15, 0.2) is 5.38 Å². The maximum atomic E-state index is 5.79. The first-order valence-electron chi connectivity index (χ1n) is 7.31. The number of fused-ring (bicyclic) bond motifs is 1. The van der Waals surface area contributed by atoms with Crippen molar-refractivity contribution in [2.24, 2.45) is 0 Å². The Morgan fingerprint density at radius 3 is 3.11 bits per heavy atom. The summed E-state index contributed by atoms with van der Waals surface area (Å²) in [5, 5.41) is 3.32. The molecule has 19 heavy (non-hydrogen) atoms.